The lowest BCUT2D eigenvalue weighted by Gasteiger charge is -2.28. The third-order valence-electron chi connectivity index (χ3n) is 8.02. The summed E-state index contributed by atoms with van der Waals surface area (Å²) in [6.45, 7) is 6.89. The lowest BCUT2D eigenvalue weighted by atomic mass is 9.82. The molecule has 4 heterocycles. The number of carboxylic acid groups (broad SMARTS) is 1. The van der Waals surface area contributed by atoms with Gasteiger partial charge in [-0.05, 0) is 75.5 Å². The van der Waals surface area contributed by atoms with Crippen LogP contribution in [-0.2, 0) is 22.4 Å². The van der Waals surface area contributed by atoms with Crippen LogP contribution in [0, 0.1) is 18.8 Å². The molecule has 0 spiro atoms. The summed E-state index contributed by atoms with van der Waals surface area (Å²) in [5, 5.41) is 11.9. The number of rotatable bonds is 3. The Morgan fingerprint density at radius 3 is 2.41 bits per heavy atom. The van der Waals surface area contributed by atoms with Gasteiger partial charge >= 0.3 is 5.63 Å². The van der Waals surface area contributed by atoms with Gasteiger partial charge in [-0.2, -0.15) is 0 Å². The van der Waals surface area contributed by atoms with Crippen LogP contribution in [0.25, 0.3) is 11.0 Å². The first-order chi connectivity index (χ1) is 16.3. The number of hydrogen-bond acceptors (Lipinski definition) is 6. The van der Waals surface area contributed by atoms with Crippen LogP contribution in [0.15, 0.2) is 21.3 Å². The lowest BCUT2D eigenvalue weighted by molar-refractivity contribution is -0.139. The molecule has 3 aliphatic heterocycles. The van der Waals surface area contributed by atoms with Crippen molar-refractivity contribution in [3.8, 4) is 5.75 Å². The predicted molar refractivity (Wildman–Crippen MR) is 126 cm³/mol. The van der Waals surface area contributed by atoms with Gasteiger partial charge in [-0.25, -0.2) is 4.79 Å². The smallest absolute Gasteiger partial charge is 0.339 e. The van der Waals surface area contributed by atoms with Crippen molar-refractivity contribution in [2.75, 3.05) is 13.1 Å². The van der Waals surface area contributed by atoms with Crippen molar-refractivity contribution < 1.29 is 23.8 Å². The number of benzene rings is 1. The van der Waals surface area contributed by atoms with E-state index in [1.54, 1.807) is 0 Å². The number of nitrogens with one attached hydrogen (secondary N) is 1. The molecule has 34 heavy (non-hydrogen) atoms. The maximum atomic E-state index is 13.3. The van der Waals surface area contributed by atoms with E-state index in [4.69, 9.17) is 19.1 Å². The Labute approximate surface area is 198 Å². The van der Waals surface area contributed by atoms with Crippen LogP contribution in [0.4, 0.5) is 0 Å². The molecule has 2 N–H and O–H groups in total. The van der Waals surface area contributed by atoms with Crippen LogP contribution in [0.2, 0.25) is 0 Å². The van der Waals surface area contributed by atoms with Crippen molar-refractivity contribution in [2.45, 2.75) is 71.1 Å². The molecule has 2 aromatic rings. The van der Waals surface area contributed by atoms with E-state index in [9.17, 15) is 9.59 Å². The number of nitrogens with zero attached hydrogens (tertiary/aromatic N) is 1. The summed E-state index contributed by atoms with van der Waals surface area (Å²) in [6.07, 6.45) is 4.37. The summed E-state index contributed by atoms with van der Waals surface area (Å²) >= 11 is 0. The van der Waals surface area contributed by atoms with Crippen LogP contribution in [-0.4, -0.2) is 53.2 Å². The first-order valence-electron chi connectivity index (χ1n) is 12.2. The SMILES string of the molecule is CC(=O)O.Cc1c(OC(C)C(=O)N2[C@@H]3CC[C@H]2[C@H]2CNC[C@H]23)ccc2c3c(c(=O)oc12)CCC3. The van der Waals surface area contributed by atoms with E-state index in [0.29, 0.717) is 35.3 Å². The van der Waals surface area contributed by atoms with E-state index in [2.05, 4.69) is 10.2 Å². The molecule has 1 unspecified atom stereocenters. The number of carbonyl (C=O) groups excluding carboxylic acids is 1. The average molecular weight is 469 g/mol. The summed E-state index contributed by atoms with van der Waals surface area (Å²) < 4.78 is 11.8. The highest BCUT2D eigenvalue weighted by atomic mass is 16.5. The van der Waals surface area contributed by atoms with Gasteiger partial charge in [0, 0.05) is 48.6 Å². The van der Waals surface area contributed by atoms with E-state index in [0.717, 1.165) is 74.2 Å². The van der Waals surface area contributed by atoms with Crippen molar-refractivity contribution in [3.05, 3.63) is 39.2 Å². The normalized spacial score (nSPS) is 27.2. The second kappa shape index (κ2) is 8.73. The molecule has 1 aromatic heterocycles. The summed E-state index contributed by atoms with van der Waals surface area (Å²) in [5.74, 6) is 1.07. The third-order valence-corrected chi connectivity index (χ3v) is 8.02. The molecule has 4 aliphatic rings. The van der Waals surface area contributed by atoms with E-state index >= 15 is 0 Å². The average Bonchev–Trinajstić information content (AvgIpc) is 3.56. The number of fused-ring (bicyclic) bond motifs is 8. The number of hydrogen-bond donors (Lipinski definition) is 2. The van der Waals surface area contributed by atoms with Crippen LogP contribution >= 0.6 is 0 Å². The minimum absolute atomic E-state index is 0.0896. The minimum Gasteiger partial charge on any atom is -0.481 e. The Morgan fingerprint density at radius 2 is 1.76 bits per heavy atom. The molecule has 182 valence electrons. The second-order valence-electron chi connectivity index (χ2n) is 9.99. The van der Waals surface area contributed by atoms with Gasteiger partial charge in [0.25, 0.3) is 11.9 Å². The summed E-state index contributed by atoms with van der Waals surface area (Å²) in [4.78, 5) is 36.9. The zero-order valence-electron chi connectivity index (χ0n) is 19.9. The second-order valence-corrected chi connectivity index (χ2v) is 9.99. The molecular weight excluding hydrogens is 436 g/mol. The van der Waals surface area contributed by atoms with Gasteiger partial charge in [-0.15, -0.1) is 0 Å². The van der Waals surface area contributed by atoms with Crippen molar-refractivity contribution in [1.29, 1.82) is 0 Å². The fourth-order valence-corrected chi connectivity index (χ4v) is 6.64. The van der Waals surface area contributed by atoms with Crippen molar-refractivity contribution in [3.63, 3.8) is 0 Å². The molecule has 1 amide bonds. The Balaban J connectivity index is 0.000000560. The van der Waals surface area contributed by atoms with Gasteiger partial charge in [0.2, 0.25) is 0 Å². The van der Waals surface area contributed by atoms with Gasteiger partial charge in [-0.3, -0.25) is 9.59 Å². The Kier molecular flexibility index (Phi) is 5.88. The highest BCUT2D eigenvalue weighted by Gasteiger charge is 2.56. The Morgan fingerprint density at radius 1 is 1.15 bits per heavy atom. The maximum absolute atomic E-state index is 13.3. The fraction of sp³-hybridized carbons (Fsp3) is 0.577. The Hall–Kier alpha value is -2.87. The predicted octanol–water partition coefficient (Wildman–Crippen LogP) is 2.66. The summed E-state index contributed by atoms with van der Waals surface area (Å²) in [6, 6.07) is 4.62. The highest BCUT2D eigenvalue weighted by molar-refractivity contribution is 5.87. The van der Waals surface area contributed by atoms with Gasteiger partial charge in [0.15, 0.2) is 6.10 Å². The standard InChI is InChI=1S/C24H28N2O4.C2H4O2/c1-12-21(9-6-15-14-4-3-5-16(14)24(28)30-22(12)15)29-13(2)23(27)26-19-7-8-20(26)18-11-25-10-17(18)19;1-2(3)4/h6,9,13,17-20,25H,3-5,7-8,10-11H2,1-2H3;1H3,(H,3,4)/t13?,17-,18+,19-,20+;. The van der Waals surface area contributed by atoms with Gasteiger partial charge in [0.1, 0.15) is 11.3 Å². The zero-order valence-corrected chi connectivity index (χ0v) is 19.9. The summed E-state index contributed by atoms with van der Waals surface area (Å²) in [5.41, 5.74) is 3.11. The molecule has 3 saturated heterocycles. The molecule has 1 aliphatic carbocycles. The number of aryl methyl sites for hydroxylation is 2. The van der Waals surface area contributed by atoms with Crippen LogP contribution in [0.3, 0.4) is 0 Å². The zero-order chi connectivity index (χ0) is 24.1. The van der Waals surface area contributed by atoms with E-state index < -0.39 is 12.1 Å². The highest BCUT2D eigenvalue weighted by Crippen LogP contribution is 2.47. The fourth-order valence-electron chi connectivity index (χ4n) is 6.64. The number of carboxylic acids is 1. The Bertz CT molecular complexity index is 1180. The van der Waals surface area contributed by atoms with E-state index in [1.807, 2.05) is 26.0 Å². The number of aliphatic carboxylic acids is 1. The van der Waals surface area contributed by atoms with Crippen molar-refractivity contribution in [2.24, 2.45) is 11.8 Å². The molecule has 8 heteroatoms. The van der Waals surface area contributed by atoms with E-state index in [-0.39, 0.29) is 11.5 Å². The summed E-state index contributed by atoms with van der Waals surface area (Å²) in [7, 11) is 0. The van der Waals surface area contributed by atoms with Crippen LogP contribution in [0.1, 0.15) is 49.8 Å². The largest absolute Gasteiger partial charge is 0.481 e. The van der Waals surface area contributed by atoms with Crippen LogP contribution in [0.5, 0.6) is 5.75 Å². The molecule has 2 bridgehead atoms. The molecule has 5 atom stereocenters. The molecule has 0 saturated carbocycles. The lowest BCUT2D eigenvalue weighted by Crippen LogP contribution is -2.45. The topological polar surface area (TPSA) is 109 Å². The molecule has 8 nitrogen and oxygen atoms in total. The molecule has 1 aromatic carbocycles. The third kappa shape index (κ3) is 3.68. The number of ether oxygens (including phenoxy) is 1. The molecular formula is C26H32N2O6. The molecule has 3 fully saturated rings. The first-order valence-corrected chi connectivity index (χ1v) is 12.2. The minimum atomic E-state index is -0.833. The quantitative estimate of drug-likeness (QED) is 0.667. The number of carbonyl (C=O) groups is 2. The monoisotopic (exact) mass is 468 g/mol. The number of amides is 1. The van der Waals surface area contributed by atoms with Gasteiger partial charge < -0.3 is 24.5 Å². The van der Waals surface area contributed by atoms with Crippen molar-refractivity contribution in [1.82, 2.24) is 10.2 Å². The van der Waals surface area contributed by atoms with Crippen molar-refractivity contribution >= 4 is 22.8 Å². The molecule has 0 radical (unpaired) electrons. The van der Waals surface area contributed by atoms with Gasteiger partial charge in [0.05, 0.1) is 0 Å². The first kappa shape index (κ1) is 22.9. The van der Waals surface area contributed by atoms with E-state index in [1.165, 1.54) is 0 Å². The van der Waals surface area contributed by atoms with Crippen LogP contribution < -0.4 is 15.7 Å². The van der Waals surface area contributed by atoms with Gasteiger partial charge in [-0.1, -0.05) is 0 Å². The maximum Gasteiger partial charge on any atom is 0.339 e. The molecule has 6 rings (SSSR count).